The van der Waals surface area contributed by atoms with Crippen LogP contribution in [0.3, 0.4) is 0 Å². The van der Waals surface area contributed by atoms with E-state index in [0.717, 1.165) is 37.3 Å². The van der Waals surface area contributed by atoms with E-state index in [-0.39, 0.29) is 5.91 Å². The van der Waals surface area contributed by atoms with E-state index in [1.54, 1.807) is 25.4 Å². The number of carbonyl (C=O) groups is 1. The van der Waals surface area contributed by atoms with E-state index < -0.39 is 0 Å². The number of rotatable bonds is 10. The molecule has 2 aromatic rings. The Bertz CT molecular complexity index is 745. The molecule has 0 aliphatic carbocycles. The number of ether oxygens (including phenoxy) is 1. The number of aromatic nitrogens is 1. The third-order valence-electron chi connectivity index (χ3n) is 4.44. The first-order valence-electron chi connectivity index (χ1n) is 9.44. The minimum absolute atomic E-state index is 0.143. The first-order chi connectivity index (χ1) is 13.1. The zero-order valence-corrected chi connectivity index (χ0v) is 16.7. The van der Waals surface area contributed by atoms with Gasteiger partial charge in [0.1, 0.15) is 5.82 Å². The number of anilines is 3. The molecule has 27 heavy (non-hydrogen) atoms. The smallest absolute Gasteiger partial charge is 0.255 e. The molecule has 0 fully saturated rings. The Kier molecular flexibility index (Phi) is 8.07. The van der Waals surface area contributed by atoms with Gasteiger partial charge in [-0.25, -0.2) is 4.98 Å². The Morgan fingerprint density at radius 2 is 1.96 bits per heavy atom. The highest BCUT2D eigenvalue weighted by Gasteiger charge is 2.10. The maximum absolute atomic E-state index is 12.6. The highest BCUT2D eigenvalue weighted by molar-refractivity contribution is 6.05. The van der Waals surface area contributed by atoms with Gasteiger partial charge in [-0.15, -0.1) is 0 Å². The van der Waals surface area contributed by atoms with Crippen LogP contribution < -0.4 is 15.5 Å². The third-order valence-corrected chi connectivity index (χ3v) is 4.44. The summed E-state index contributed by atoms with van der Waals surface area (Å²) in [6.07, 6.45) is 2.52. The van der Waals surface area contributed by atoms with Gasteiger partial charge in [-0.1, -0.05) is 0 Å². The average molecular weight is 370 g/mol. The highest BCUT2D eigenvalue weighted by atomic mass is 16.5. The van der Waals surface area contributed by atoms with E-state index in [2.05, 4.69) is 40.4 Å². The van der Waals surface area contributed by atoms with Crippen LogP contribution in [0.5, 0.6) is 0 Å². The lowest BCUT2D eigenvalue weighted by atomic mass is 10.1. The number of carbonyl (C=O) groups excluding carboxylic acids is 1. The molecule has 2 N–H and O–H groups in total. The molecule has 6 nitrogen and oxygen atoms in total. The van der Waals surface area contributed by atoms with Gasteiger partial charge >= 0.3 is 0 Å². The Morgan fingerprint density at radius 3 is 2.63 bits per heavy atom. The summed E-state index contributed by atoms with van der Waals surface area (Å²) in [5.74, 6) is 0.545. The van der Waals surface area contributed by atoms with Crippen LogP contribution >= 0.6 is 0 Å². The maximum atomic E-state index is 12.6. The summed E-state index contributed by atoms with van der Waals surface area (Å²) in [5, 5.41) is 6.21. The summed E-state index contributed by atoms with van der Waals surface area (Å²) in [6, 6.07) is 9.60. The topological polar surface area (TPSA) is 66.5 Å². The first kappa shape index (κ1) is 20.7. The number of nitrogens with one attached hydrogen (secondary N) is 2. The molecule has 1 amide bonds. The number of benzene rings is 1. The Morgan fingerprint density at radius 1 is 1.19 bits per heavy atom. The lowest BCUT2D eigenvalue weighted by molar-refractivity contribution is 0.102. The zero-order valence-electron chi connectivity index (χ0n) is 16.7. The predicted octanol–water partition coefficient (Wildman–Crippen LogP) is 3.94. The molecule has 0 aliphatic rings. The van der Waals surface area contributed by atoms with Crippen LogP contribution in [-0.4, -0.2) is 44.2 Å². The van der Waals surface area contributed by atoms with Crippen molar-refractivity contribution in [3.8, 4) is 0 Å². The van der Waals surface area contributed by atoms with E-state index >= 15 is 0 Å². The fourth-order valence-electron chi connectivity index (χ4n) is 2.87. The second-order valence-electron chi connectivity index (χ2n) is 6.33. The van der Waals surface area contributed by atoms with Crippen LogP contribution in [-0.2, 0) is 4.74 Å². The number of nitrogens with zero attached hydrogens (tertiary/aromatic N) is 2. The monoisotopic (exact) mass is 370 g/mol. The van der Waals surface area contributed by atoms with Gasteiger partial charge in [0.25, 0.3) is 5.91 Å². The molecule has 0 spiro atoms. The van der Waals surface area contributed by atoms with Crippen molar-refractivity contribution < 1.29 is 9.53 Å². The molecule has 0 unspecified atom stereocenters. The Balaban J connectivity index is 2.04. The summed E-state index contributed by atoms with van der Waals surface area (Å²) in [5.41, 5.74) is 3.61. The lowest BCUT2D eigenvalue weighted by Gasteiger charge is -2.22. The number of pyridine rings is 1. The van der Waals surface area contributed by atoms with Crippen LogP contribution in [0.1, 0.15) is 36.2 Å². The highest BCUT2D eigenvalue weighted by Crippen LogP contribution is 2.23. The van der Waals surface area contributed by atoms with Crippen LogP contribution in [0.15, 0.2) is 36.5 Å². The van der Waals surface area contributed by atoms with Crippen molar-refractivity contribution in [1.82, 2.24) is 4.98 Å². The molecule has 0 atom stereocenters. The van der Waals surface area contributed by atoms with Crippen molar-refractivity contribution in [3.63, 3.8) is 0 Å². The normalized spacial score (nSPS) is 10.5. The fraction of sp³-hybridized carbons (Fsp3) is 0.429. The molecule has 146 valence electrons. The van der Waals surface area contributed by atoms with Gasteiger partial charge in [0, 0.05) is 56.5 Å². The molecule has 6 heteroatoms. The van der Waals surface area contributed by atoms with Gasteiger partial charge in [-0.3, -0.25) is 4.79 Å². The quantitative estimate of drug-likeness (QED) is 0.620. The van der Waals surface area contributed by atoms with Gasteiger partial charge in [-0.05, 0) is 63.1 Å². The molecular weight excluding hydrogens is 340 g/mol. The summed E-state index contributed by atoms with van der Waals surface area (Å²) < 4.78 is 5.03. The summed E-state index contributed by atoms with van der Waals surface area (Å²) in [7, 11) is 1.68. The molecular formula is C21H30N4O2. The largest absolute Gasteiger partial charge is 0.385 e. The van der Waals surface area contributed by atoms with Gasteiger partial charge in [0.15, 0.2) is 0 Å². The summed E-state index contributed by atoms with van der Waals surface area (Å²) >= 11 is 0. The fourth-order valence-corrected chi connectivity index (χ4v) is 2.87. The Labute approximate surface area is 161 Å². The predicted molar refractivity (Wildman–Crippen MR) is 112 cm³/mol. The van der Waals surface area contributed by atoms with E-state index in [0.29, 0.717) is 18.0 Å². The minimum atomic E-state index is -0.143. The molecule has 0 saturated carbocycles. The van der Waals surface area contributed by atoms with Crippen molar-refractivity contribution in [2.45, 2.75) is 27.2 Å². The van der Waals surface area contributed by atoms with Gasteiger partial charge in [0.05, 0.1) is 0 Å². The minimum Gasteiger partial charge on any atom is -0.385 e. The molecule has 1 aromatic heterocycles. The number of methoxy groups -OCH3 is 1. The van der Waals surface area contributed by atoms with E-state index in [1.807, 2.05) is 19.1 Å². The molecule has 2 rings (SSSR count). The zero-order chi connectivity index (χ0) is 19.6. The standard InChI is InChI=1S/C21H30N4O2/c1-5-25(6-2)18-8-9-19(16(3)14-18)24-21(26)17-10-12-23-20(15-17)22-11-7-13-27-4/h8-10,12,14-15H,5-7,11,13H2,1-4H3,(H,22,23)(H,24,26). The van der Waals surface area contributed by atoms with Crippen LogP contribution in [0.2, 0.25) is 0 Å². The molecule has 0 saturated heterocycles. The van der Waals surface area contributed by atoms with E-state index in [9.17, 15) is 4.79 Å². The van der Waals surface area contributed by atoms with Gasteiger partial charge < -0.3 is 20.3 Å². The van der Waals surface area contributed by atoms with Crippen molar-refractivity contribution in [3.05, 3.63) is 47.7 Å². The van der Waals surface area contributed by atoms with E-state index in [4.69, 9.17) is 4.74 Å². The lowest BCUT2D eigenvalue weighted by Crippen LogP contribution is -2.22. The molecule has 1 aromatic carbocycles. The SMILES string of the molecule is CCN(CC)c1ccc(NC(=O)c2ccnc(NCCCOC)c2)c(C)c1. The number of hydrogen-bond donors (Lipinski definition) is 2. The number of hydrogen-bond acceptors (Lipinski definition) is 5. The van der Waals surface area contributed by atoms with Crippen molar-refractivity contribution >= 4 is 23.1 Å². The molecule has 0 bridgehead atoms. The van der Waals surface area contributed by atoms with Crippen molar-refractivity contribution in [2.24, 2.45) is 0 Å². The molecule has 0 aliphatic heterocycles. The second kappa shape index (κ2) is 10.5. The van der Waals surface area contributed by atoms with Gasteiger partial charge in [0.2, 0.25) is 0 Å². The summed E-state index contributed by atoms with van der Waals surface area (Å²) in [4.78, 5) is 19.2. The maximum Gasteiger partial charge on any atom is 0.255 e. The van der Waals surface area contributed by atoms with Crippen molar-refractivity contribution in [1.29, 1.82) is 0 Å². The number of amides is 1. The molecule has 1 heterocycles. The van der Waals surface area contributed by atoms with Crippen LogP contribution in [0.4, 0.5) is 17.2 Å². The van der Waals surface area contributed by atoms with Crippen molar-refractivity contribution in [2.75, 3.05) is 48.9 Å². The van der Waals surface area contributed by atoms with Gasteiger partial charge in [-0.2, -0.15) is 0 Å². The third kappa shape index (κ3) is 5.96. The Hall–Kier alpha value is -2.60. The number of aryl methyl sites for hydroxylation is 1. The second-order valence-corrected chi connectivity index (χ2v) is 6.33. The first-order valence-corrected chi connectivity index (χ1v) is 9.44. The van der Waals surface area contributed by atoms with Crippen LogP contribution in [0, 0.1) is 6.92 Å². The van der Waals surface area contributed by atoms with Crippen LogP contribution in [0.25, 0.3) is 0 Å². The summed E-state index contributed by atoms with van der Waals surface area (Å²) in [6.45, 7) is 9.64. The molecule has 0 radical (unpaired) electrons. The average Bonchev–Trinajstić information content (AvgIpc) is 2.68. The van der Waals surface area contributed by atoms with E-state index in [1.165, 1.54) is 5.69 Å².